The molecule has 2 heterocycles. The Balaban J connectivity index is 2.70. The fraction of sp³-hybridized carbons (Fsp3) is 0.200. The first-order valence-electron chi connectivity index (χ1n) is 4.42. The minimum absolute atomic E-state index is 0.0888. The number of carboxylic acids is 1. The molecule has 0 aromatic carbocycles. The van der Waals surface area contributed by atoms with E-state index in [1.807, 2.05) is 19.1 Å². The summed E-state index contributed by atoms with van der Waals surface area (Å²) in [6, 6.07) is 3.84. The Kier molecular flexibility index (Phi) is 1.96. The topological polar surface area (TPSA) is 54.6 Å². The maximum atomic E-state index is 10.7. The van der Waals surface area contributed by atoms with Crippen LogP contribution in [-0.2, 0) is 6.42 Å². The van der Waals surface area contributed by atoms with Crippen molar-refractivity contribution in [2.45, 2.75) is 13.3 Å². The highest BCUT2D eigenvalue weighted by Gasteiger charge is 2.09. The third kappa shape index (κ3) is 1.25. The van der Waals surface area contributed by atoms with Gasteiger partial charge in [-0.25, -0.2) is 9.78 Å². The number of carboxylic acid groups (broad SMARTS) is 1. The molecule has 1 N–H and O–H groups in total. The lowest BCUT2D eigenvalue weighted by molar-refractivity contribution is 0.0691. The van der Waals surface area contributed by atoms with Crippen molar-refractivity contribution >= 4 is 11.6 Å². The number of nitrogens with zero attached hydrogens (tertiary/aromatic N) is 2. The molecule has 72 valence electrons. The van der Waals surface area contributed by atoms with Gasteiger partial charge in [0, 0.05) is 12.4 Å². The zero-order valence-corrected chi connectivity index (χ0v) is 7.77. The number of carbonyl (C=O) groups is 1. The Morgan fingerprint density at radius 3 is 3.07 bits per heavy atom. The van der Waals surface area contributed by atoms with Crippen molar-refractivity contribution in [2.24, 2.45) is 0 Å². The highest BCUT2D eigenvalue weighted by Crippen LogP contribution is 2.11. The lowest BCUT2D eigenvalue weighted by atomic mass is 10.2. The molecule has 0 saturated carbocycles. The third-order valence-electron chi connectivity index (χ3n) is 2.16. The molecule has 4 nitrogen and oxygen atoms in total. The Hall–Kier alpha value is -1.84. The molecule has 2 aromatic rings. The van der Waals surface area contributed by atoms with Crippen molar-refractivity contribution in [3.05, 3.63) is 35.8 Å². The molecule has 14 heavy (non-hydrogen) atoms. The molecule has 0 fully saturated rings. The molecule has 0 aliphatic heterocycles. The van der Waals surface area contributed by atoms with E-state index in [4.69, 9.17) is 5.11 Å². The van der Waals surface area contributed by atoms with Gasteiger partial charge in [0.05, 0.1) is 0 Å². The number of aromatic nitrogens is 2. The van der Waals surface area contributed by atoms with Gasteiger partial charge < -0.3 is 9.51 Å². The number of aromatic carboxylic acids is 1. The Morgan fingerprint density at radius 1 is 1.64 bits per heavy atom. The molecule has 0 unspecified atom stereocenters. The zero-order chi connectivity index (χ0) is 10.1. The zero-order valence-electron chi connectivity index (χ0n) is 7.77. The van der Waals surface area contributed by atoms with E-state index in [1.54, 1.807) is 10.6 Å². The normalized spacial score (nSPS) is 10.6. The van der Waals surface area contributed by atoms with Gasteiger partial charge >= 0.3 is 5.97 Å². The minimum Gasteiger partial charge on any atom is -0.476 e. The average molecular weight is 190 g/mol. The monoisotopic (exact) mass is 190 g/mol. The Morgan fingerprint density at radius 2 is 2.43 bits per heavy atom. The second kappa shape index (κ2) is 3.14. The quantitative estimate of drug-likeness (QED) is 0.782. The summed E-state index contributed by atoms with van der Waals surface area (Å²) in [5.41, 5.74) is 1.87. The number of rotatable bonds is 2. The van der Waals surface area contributed by atoms with E-state index in [9.17, 15) is 4.79 Å². The standard InChI is InChI=1S/C10H10N2O2/c1-2-7-4-3-5-12-6-8(10(13)14)11-9(7)12/h3-6H,2H2,1H3,(H,13,14). The van der Waals surface area contributed by atoms with Crippen molar-refractivity contribution in [1.82, 2.24) is 9.38 Å². The molecule has 0 radical (unpaired) electrons. The van der Waals surface area contributed by atoms with Crippen molar-refractivity contribution in [3.8, 4) is 0 Å². The predicted molar refractivity (Wildman–Crippen MR) is 51.5 cm³/mol. The molecule has 2 rings (SSSR count). The molecule has 2 aromatic heterocycles. The van der Waals surface area contributed by atoms with E-state index in [0.717, 1.165) is 17.6 Å². The van der Waals surface area contributed by atoms with E-state index in [0.29, 0.717) is 0 Å². The molecule has 0 spiro atoms. The van der Waals surface area contributed by atoms with Crippen LogP contribution in [-0.4, -0.2) is 20.5 Å². The first kappa shape index (κ1) is 8.74. The highest BCUT2D eigenvalue weighted by atomic mass is 16.4. The summed E-state index contributed by atoms with van der Waals surface area (Å²) in [6.45, 7) is 2.02. The van der Waals surface area contributed by atoms with E-state index >= 15 is 0 Å². The average Bonchev–Trinajstić information content (AvgIpc) is 2.60. The number of fused-ring (bicyclic) bond motifs is 1. The predicted octanol–water partition coefficient (Wildman–Crippen LogP) is 1.59. The molecule has 0 atom stereocenters. The van der Waals surface area contributed by atoms with Gasteiger partial charge in [0.1, 0.15) is 5.65 Å². The van der Waals surface area contributed by atoms with Crippen LogP contribution in [0.5, 0.6) is 0 Å². The van der Waals surface area contributed by atoms with Crippen molar-refractivity contribution in [1.29, 1.82) is 0 Å². The fourth-order valence-electron chi connectivity index (χ4n) is 1.45. The van der Waals surface area contributed by atoms with Gasteiger partial charge in [-0.2, -0.15) is 0 Å². The largest absolute Gasteiger partial charge is 0.476 e. The molecule has 0 aliphatic rings. The third-order valence-corrected chi connectivity index (χ3v) is 2.16. The van der Waals surface area contributed by atoms with Gasteiger partial charge in [-0.05, 0) is 18.1 Å². The highest BCUT2D eigenvalue weighted by molar-refractivity contribution is 5.86. The Labute approximate surface area is 80.8 Å². The summed E-state index contributed by atoms with van der Waals surface area (Å²) in [6.07, 6.45) is 4.17. The van der Waals surface area contributed by atoms with Crippen LogP contribution in [0.2, 0.25) is 0 Å². The Bertz CT molecular complexity index is 488. The lowest BCUT2D eigenvalue weighted by Crippen LogP contribution is -1.95. The van der Waals surface area contributed by atoms with Crippen molar-refractivity contribution in [3.63, 3.8) is 0 Å². The number of pyridine rings is 1. The van der Waals surface area contributed by atoms with Crippen LogP contribution in [0.3, 0.4) is 0 Å². The number of imidazole rings is 1. The number of hydrogen-bond acceptors (Lipinski definition) is 2. The molecule has 0 saturated heterocycles. The van der Waals surface area contributed by atoms with Gasteiger partial charge in [0.2, 0.25) is 0 Å². The second-order valence-corrected chi connectivity index (χ2v) is 3.05. The van der Waals surface area contributed by atoms with E-state index in [-0.39, 0.29) is 5.69 Å². The van der Waals surface area contributed by atoms with Crippen LogP contribution in [0, 0.1) is 0 Å². The van der Waals surface area contributed by atoms with Crippen LogP contribution >= 0.6 is 0 Å². The minimum atomic E-state index is -0.990. The smallest absolute Gasteiger partial charge is 0.356 e. The van der Waals surface area contributed by atoms with Crippen molar-refractivity contribution < 1.29 is 9.90 Å². The molecule has 0 amide bonds. The summed E-state index contributed by atoms with van der Waals surface area (Å²) in [4.78, 5) is 14.7. The summed E-state index contributed by atoms with van der Waals surface area (Å²) in [5.74, 6) is -0.990. The van der Waals surface area contributed by atoms with E-state index < -0.39 is 5.97 Å². The van der Waals surface area contributed by atoms with Crippen LogP contribution < -0.4 is 0 Å². The maximum Gasteiger partial charge on any atom is 0.356 e. The molecular formula is C10H10N2O2. The van der Waals surface area contributed by atoms with Gasteiger partial charge in [-0.1, -0.05) is 13.0 Å². The summed E-state index contributed by atoms with van der Waals surface area (Å²) < 4.78 is 1.74. The molecular weight excluding hydrogens is 180 g/mol. The first-order valence-corrected chi connectivity index (χ1v) is 4.42. The van der Waals surface area contributed by atoms with Crippen LogP contribution in [0.1, 0.15) is 23.0 Å². The van der Waals surface area contributed by atoms with Crippen LogP contribution in [0.15, 0.2) is 24.5 Å². The van der Waals surface area contributed by atoms with E-state index in [1.165, 1.54) is 6.20 Å². The van der Waals surface area contributed by atoms with Crippen LogP contribution in [0.4, 0.5) is 0 Å². The second-order valence-electron chi connectivity index (χ2n) is 3.05. The molecule has 0 bridgehead atoms. The first-order chi connectivity index (χ1) is 6.72. The lowest BCUT2D eigenvalue weighted by Gasteiger charge is -1.97. The molecule has 0 aliphatic carbocycles. The maximum absolute atomic E-state index is 10.7. The summed E-state index contributed by atoms with van der Waals surface area (Å²) in [7, 11) is 0. The van der Waals surface area contributed by atoms with Gasteiger partial charge in [0.15, 0.2) is 5.69 Å². The number of aryl methyl sites for hydroxylation is 1. The summed E-state index contributed by atoms with van der Waals surface area (Å²) >= 11 is 0. The summed E-state index contributed by atoms with van der Waals surface area (Å²) in [5, 5.41) is 8.77. The van der Waals surface area contributed by atoms with E-state index in [2.05, 4.69) is 4.98 Å². The number of hydrogen-bond donors (Lipinski definition) is 1. The SMILES string of the molecule is CCc1cccn2cc(C(=O)O)nc12. The fourth-order valence-corrected chi connectivity index (χ4v) is 1.45. The van der Waals surface area contributed by atoms with Crippen LogP contribution in [0.25, 0.3) is 5.65 Å². The van der Waals surface area contributed by atoms with Gasteiger partial charge in [-0.3, -0.25) is 0 Å². The van der Waals surface area contributed by atoms with Gasteiger partial charge in [-0.15, -0.1) is 0 Å². The van der Waals surface area contributed by atoms with Gasteiger partial charge in [0.25, 0.3) is 0 Å². The van der Waals surface area contributed by atoms with Crippen molar-refractivity contribution in [2.75, 3.05) is 0 Å². The molecule has 4 heteroatoms.